The number of nitrogens with one attached hydrogen (secondary N) is 1. The molecule has 0 spiro atoms. The Bertz CT molecular complexity index is 894. The van der Waals surface area contributed by atoms with Crippen molar-refractivity contribution in [2.75, 3.05) is 5.32 Å². The van der Waals surface area contributed by atoms with E-state index in [0.717, 1.165) is 22.5 Å². The summed E-state index contributed by atoms with van der Waals surface area (Å²) in [5.41, 5.74) is 2.22. The molecule has 0 aliphatic heterocycles. The summed E-state index contributed by atoms with van der Waals surface area (Å²) in [6, 6.07) is 18.6. The van der Waals surface area contributed by atoms with Crippen molar-refractivity contribution >= 4 is 28.5 Å². The molecule has 0 saturated heterocycles. The maximum absolute atomic E-state index is 12.0. The minimum Gasteiger partial charge on any atom is -0.481 e. The molecule has 0 unspecified atom stereocenters. The lowest BCUT2D eigenvalue weighted by molar-refractivity contribution is -0.136. The summed E-state index contributed by atoms with van der Waals surface area (Å²) in [4.78, 5) is 28.0. The first-order valence-electron chi connectivity index (χ1n) is 7.86. The van der Waals surface area contributed by atoms with Crippen molar-refractivity contribution < 1.29 is 19.4 Å². The van der Waals surface area contributed by atoms with Crippen LogP contribution in [0, 0.1) is 0 Å². The fourth-order valence-electron chi connectivity index (χ4n) is 2.33. The summed E-state index contributed by atoms with van der Waals surface area (Å²) < 4.78 is 5.17. The number of amides is 1. The van der Waals surface area contributed by atoms with Gasteiger partial charge in [-0.1, -0.05) is 60.7 Å². The summed E-state index contributed by atoms with van der Waals surface area (Å²) in [6.07, 6.45) is -0.799. The zero-order chi connectivity index (χ0) is 18.4. The van der Waals surface area contributed by atoms with Crippen LogP contribution in [0.3, 0.4) is 0 Å². The van der Waals surface area contributed by atoms with E-state index in [1.807, 2.05) is 60.7 Å². The van der Waals surface area contributed by atoms with Crippen LogP contribution in [0.2, 0.25) is 0 Å². The molecule has 3 rings (SSSR count). The molecule has 1 aromatic heterocycles. The fraction of sp³-hybridized carbons (Fsp3) is 0.105. The van der Waals surface area contributed by atoms with Crippen LogP contribution in [0.1, 0.15) is 10.4 Å². The Balaban J connectivity index is 1.72. The van der Waals surface area contributed by atoms with Crippen LogP contribution < -0.4 is 5.32 Å². The monoisotopic (exact) mass is 368 g/mol. The Kier molecular flexibility index (Phi) is 5.60. The number of benzene rings is 2. The van der Waals surface area contributed by atoms with E-state index in [2.05, 4.69) is 10.3 Å². The van der Waals surface area contributed by atoms with Gasteiger partial charge >= 0.3 is 12.1 Å². The third-order valence-corrected chi connectivity index (χ3v) is 4.45. The molecule has 1 amide bonds. The minimum atomic E-state index is -0.955. The zero-order valence-corrected chi connectivity index (χ0v) is 14.5. The van der Waals surface area contributed by atoms with Gasteiger partial charge in [0.15, 0.2) is 5.13 Å². The number of carboxylic acid groups (broad SMARTS) is 1. The number of carboxylic acids is 1. The van der Waals surface area contributed by atoms with Gasteiger partial charge < -0.3 is 9.84 Å². The molecule has 7 heteroatoms. The first-order valence-corrected chi connectivity index (χ1v) is 8.68. The molecule has 2 aromatic carbocycles. The Morgan fingerprint density at radius 3 is 2.35 bits per heavy atom. The number of aliphatic carboxylic acids is 1. The normalized spacial score (nSPS) is 10.3. The number of aromatic nitrogens is 1. The quantitative estimate of drug-likeness (QED) is 0.681. The van der Waals surface area contributed by atoms with E-state index in [4.69, 9.17) is 9.84 Å². The van der Waals surface area contributed by atoms with Crippen LogP contribution in [0.15, 0.2) is 60.7 Å². The van der Waals surface area contributed by atoms with Crippen molar-refractivity contribution in [1.29, 1.82) is 0 Å². The van der Waals surface area contributed by atoms with Gasteiger partial charge in [-0.3, -0.25) is 10.1 Å². The van der Waals surface area contributed by atoms with Gasteiger partial charge in [-0.2, -0.15) is 0 Å². The van der Waals surface area contributed by atoms with Gasteiger partial charge in [-0.25, -0.2) is 9.78 Å². The number of anilines is 1. The lowest BCUT2D eigenvalue weighted by Crippen LogP contribution is -2.13. The molecule has 0 radical (unpaired) electrons. The second kappa shape index (κ2) is 8.26. The van der Waals surface area contributed by atoms with Crippen LogP contribution in [-0.2, 0) is 22.6 Å². The summed E-state index contributed by atoms with van der Waals surface area (Å²) >= 11 is 1.13. The number of rotatable bonds is 6. The molecule has 0 fully saturated rings. The molecule has 0 bridgehead atoms. The average Bonchev–Trinajstić information content (AvgIpc) is 3.03. The molecular weight excluding hydrogens is 352 g/mol. The van der Waals surface area contributed by atoms with Crippen LogP contribution in [-0.4, -0.2) is 22.2 Å². The number of carbonyl (C=O) groups is 2. The summed E-state index contributed by atoms with van der Waals surface area (Å²) in [5, 5.41) is 12.0. The number of ether oxygens (including phenoxy) is 1. The Labute approximate surface area is 154 Å². The van der Waals surface area contributed by atoms with E-state index in [9.17, 15) is 9.59 Å². The highest BCUT2D eigenvalue weighted by molar-refractivity contribution is 7.16. The van der Waals surface area contributed by atoms with Gasteiger partial charge in [0.2, 0.25) is 0 Å². The highest BCUT2D eigenvalue weighted by Crippen LogP contribution is 2.31. The second-order valence-electron chi connectivity index (χ2n) is 5.41. The van der Waals surface area contributed by atoms with Crippen LogP contribution in [0.4, 0.5) is 9.93 Å². The number of hydrogen-bond donors (Lipinski definition) is 2. The van der Waals surface area contributed by atoms with Crippen molar-refractivity contribution in [1.82, 2.24) is 4.98 Å². The van der Waals surface area contributed by atoms with Gasteiger partial charge in [0.1, 0.15) is 6.61 Å². The van der Waals surface area contributed by atoms with E-state index in [1.54, 1.807) is 0 Å². The topological polar surface area (TPSA) is 88.5 Å². The Morgan fingerprint density at radius 1 is 1.04 bits per heavy atom. The molecular formula is C19H16N2O4S. The lowest BCUT2D eigenvalue weighted by atomic mass is 10.1. The molecule has 0 aliphatic carbocycles. The van der Waals surface area contributed by atoms with Crippen molar-refractivity contribution in [3.63, 3.8) is 0 Å². The van der Waals surface area contributed by atoms with E-state index < -0.39 is 12.1 Å². The smallest absolute Gasteiger partial charge is 0.413 e. The second-order valence-corrected chi connectivity index (χ2v) is 6.50. The van der Waals surface area contributed by atoms with Gasteiger partial charge in [0, 0.05) is 10.4 Å². The maximum atomic E-state index is 12.0. The van der Waals surface area contributed by atoms with Gasteiger partial charge in [0.25, 0.3) is 0 Å². The maximum Gasteiger partial charge on any atom is 0.413 e. The summed E-state index contributed by atoms with van der Waals surface area (Å²) in [5.74, 6) is -0.955. The number of thiazole rings is 1. The van der Waals surface area contributed by atoms with Crippen LogP contribution in [0.25, 0.3) is 11.3 Å². The molecule has 1 heterocycles. The van der Waals surface area contributed by atoms with Crippen molar-refractivity contribution in [3.05, 3.63) is 71.1 Å². The Hall–Kier alpha value is -3.19. The summed E-state index contributed by atoms with van der Waals surface area (Å²) in [7, 11) is 0. The first-order chi connectivity index (χ1) is 12.6. The molecule has 0 atom stereocenters. The molecule has 3 aromatic rings. The largest absolute Gasteiger partial charge is 0.481 e. The third kappa shape index (κ3) is 4.67. The fourth-order valence-corrected chi connectivity index (χ4v) is 3.29. The molecule has 2 N–H and O–H groups in total. The van der Waals surface area contributed by atoms with E-state index >= 15 is 0 Å². The molecule has 26 heavy (non-hydrogen) atoms. The first kappa shape index (κ1) is 17.6. The SMILES string of the molecule is O=C(O)Cc1sc(NC(=O)OCc2ccccc2)nc1-c1ccccc1. The van der Waals surface area contributed by atoms with Gasteiger partial charge in [0.05, 0.1) is 12.1 Å². The molecule has 6 nitrogen and oxygen atoms in total. The van der Waals surface area contributed by atoms with E-state index in [-0.39, 0.29) is 13.0 Å². The highest BCUT2D eigenvalue weighted by Gasteiger charge is 2.17. The van der Waals surface area contributed by atoms with Crippen LogP contribution >= 0.6 is 11.3 Å². The van der Waals surface area contributed by atoms with Crippen molar-refractivity contribution in [2.45, 2.75) is 13.0 Å². The lowest BCUT2D eigenvalue weighted by Gasteiger charge is -2.04. The van der Waals surface area contributed by atoms with Gasteiger partial charge in [-0.05, 0) is 5.56 Å². The number of nitrogens with zero attached hydrogens (tertiary/aromatic N) is 1. The standard InChI is InChI=1S/C19H16N2O4S/c22-16(23)11-15-17(14-9-5-2-6-10-14)20-18(26-15)21-19(24)25-12-13-7-3-1-4-8-13/h1-10H,11-12H2,(H,22,23)(H,20,21,24). The minimum absolute atomic E-state index is 0.144. The van der Waals surface area contributed by atoms with Gasteiger partial charge in [-0.15, -0.1) is 11.3 Å². The number of hydrogen-bond acceptors (Lipinski definition) is 5. The molecule has 0 aliphatic rings. The van der Waals surface area contributed by atoms with E-state index in [1.165, 1.54) is 0 Å². The zero-order valence-electron chi connectivity index (χ0n) is 13.7. The van der Waals surface area contributed by atoms with E-state index in [0.29, 0.717) is 15.7 Å². The predicted octanol–water partition coefficient (Wildman–Crippen LogP) is 4.19. The van der Waals surface area contributed by atoms with Crippen molar-refractivity contribution in [3.8, 4) is 11.3 Å². The van der Waals surface area contributed by atoms with Crippen LogP contribution in [0.5, 0.6) is 0 Å². The third-order valence-electron chi connectivity index (χ3n) is 3.48. The highest BCUT2D eigenvalue weighted by atomic mass is 32.1. The Morgan fingerprint density at radius 2 is 1.69 bits per heavy atom. The molecule has 132 valence electrons. The average molecular weight is 368 g/mol. The number of carbonyl (C=O) groups excluding carboxylic acids is 1. The van der Waals surface area contributed by atoms with Crippen molar-refractivity contribution in [2.24, 2.45) is 0 Å². The predicted molar refractivity (Wildman–Crippen MR) is 99.1 cm³/mol. The molecule has 0 saturated carbocycles. The summed E-state index contributed by atoms with van der Waals surface area (Å²) in [6.45, 7) is 0.144.